The van der Waals surface area contributed by atoms with Crippen LogP contribution in [0.5, 0.6) is 11.6 Å². The summed E-state index contributed by atoms with van der Waals surface area (Å²) < 4.78 is 68.4. The Bertz CT molecular complexity index is 1340. The number of anilines is 1. The maximum atomic E-state index is 13.1. The van der Waals surface area contributed by atoms with Gasteiger partial charge in [-0.25, -0.2) is 13.4 Å². The van der Waals surface area contributed by atoms with Crippen LogP contribution in [0.25, 0.3) is 0 Å². The summed E-state index contributed by atoms with van der Waals surface area (Å²) in [6.07, 6.45) is -1.23. The number of halogens is 3. The van der Waals surface area contributed by atoms with Gasteiger partial charge in [0.15, 0.2) is 9.84 Å². The molecule has 3 aromatic rings. The molecule has 11 heteroatoms. The fraction of sp³-hybridized carbons (Fsp3) is 0.261. The predicted molar refractivity (Wildman–Crippen MR) is 124 cm³/mol. The summed E-state index contributed by atoms with van der Waals surface area (Å²) in [5.41, 5.74) is -0.575. The molecule has 0 aliphatic carbocycles. The lowest BCUT2D eigenvalue weighted by Gasteiger charge is -2.21. The number of alkyl halides is 3. The van der Waals surface area contributed by atoms with Gasteiger partial charge in [-0.1, -0.05) is 32.9 Å². The van der Waals surface area contributed by atoms with Crippen molar-refractivity contribution in [2.24, 2.45) is 0 Å². The zero-order chi connectivity index (χ0) is 25.3. The zero-order valence-electron chi connectivity index (χ0n) is 18.8. The van der Waals surface area contributed by atoms with Crippen molar-refractivity contribution in [3.05, 3.63) is 71.7 Å². The molecule has 0 unspecified atom stereocenters. The number of nitrogens with zero attached hydrogens (tertiary/aromatic N) is 2. The van der Waals surface area contributed by atoms with Crippen LogP contribution in [-0.4, -0.2) is 30.5 Å². The molecule has 0 radical (unpaired) electrons. The number of hydrogen-bond donors (Lipinski definition) is 1. The smallest absolute Gasteiger partial charge is 0.433 e. The highest BCUT2D eigenvalue weighted by Crippen LogP contribution is 2.33. The van der Waals surface area contributed by atoms with Gasteiger partial charge in [0.1, 0.15) is 11.4 Å². The van der Waals surface area contributed by atoms with Crippen molar-refractivity contribution in [3.8, 4) is 11.6 Å². The predicted octanol–water partition coefficient (Wildman–Crippen LogP) is 5.73. The molecule has 0 bridgehead atoms. The quantitative estimate of drug-likeness (QED) is 0.483. The van der Waals surface area contributed by atoms with Crippen molar-refractivity contribution in [2.75, 3.05) is 11.6 Å². The molecule has 0 fully saturated rings. The SMILES string of the molecule is CC(C)(C)c1ccc(C(=O)Nc2cncc(S(C)(=O)=O)c2)c(Oc2cccc(C(F)(F)F)n2)c1.[HH].[HH]. The lowest BCUT2D eigenvalue weighted by Crippen LogP contribution is -2.16. The number of ether oxygens (including phenoxy) is 1. The van der Waals surface area contributed by atoms with E-state index in [0.29, 0.717) is 0 Å². The molecule has 7 nitrogen and oxygen atoms in total. The van der Waals surface area contributed by atoms with Gasteiger partial charge in [0, 0.05) is 21.4 Å². The van der Waals surface area contributed by atoms with Crippen LogP contribution in [0.3, 0.4) is 0 Å². The van der Waals surface area contributed by atoms with Gasteiger partial charge in [0.2, 0.25) is 5.88 Å². The highest BCUT2D eigenvalue weighted by Gasteiger charge is 2.33. The molecule has 0 atom stereocenters. The number of pyridine rings is 2. The number of carbonyl (C=O) groups excluding carboxylic acids is 1. The van der Waals surface area contributed by atoms with Crippen LogP contribution in [0.1, 0.15) is 45.2 Å². The third-order valence-corrected chi connectivity index (χ3v) is 5.80. The summed E-state index contributed by atoms with van der Waals surface area (Å²) in [5, 5.41) is 2.54. The number of hydrogen-bond acceptors (Lipinski definition) is 6. The first-order chi connectivity index (χ1) is 15.6. The lowest BCUT2D eigenvalue weighted by molar-refractivity contribution is -0.141. The maximum absolute atomic E-state index is 13.1. The lowest BCUT2D eigenvalue weighted by atomic mass is 9.86. The third-order valence-electron chi connectivity index (χ3n) is 4.72. The average molecular weight is 498 g/mol. The number of nitrogens with one attached hydrogen (secondary N) is 1. The Hall–Kier alpha value is -3.47. The van der Waals surface area contributed by atoms with Gasteiger partial charge in [-0.2, -0.15) is 13.2 Å². The Kier molecular flexibility index (Phi) is 6.70. The average Bonchev–Trinajstić information content (AvgIpc) is 2.72. The van der Waals surface area contributed by atoms with E-state index in [9.17, 15) is 26.4 Å². The minimum Gasteiger partial charge on any atom is -0.438 e. The van der Waals surface area contributed by atoms with Crippen molar-refractivity contribution < 1.29 is 34.0 Å². The molecular weight excluding hydrogens is 471 g/mol. The van der Waals surface area contributed by atoms with Crippen molar-refractivity contribution >= 4 is 21.4 Å². The highest BCUT2D eigenvalue weighted by molar-refractivity contribution is 7.90. The number of rotatable bonds is 5. The first kappa shape index (κ1) is 25.2. The van der Waals surface area contributed by atoms with Crippen LogP contribution in [0.4, 0.5) is 18.9 Å². The molecular formula is C23H26F3N3O4S. The number of aromatic nitrogens is 2. The van der Waals surface area contributed by atoms with Crippen LogP contribution in [-0.2, 0) is 21.4 Å². The molecule has 0 aliphatic heterocycles. The summed E-state index contributed by atoms with van der Waals surface area (Å²) in [6, 6.07) is 9.20. The van der Waals surface area contributed by atoms with E-state index in [4.69, 9.17) is 4.74 Å². The van der Waals surface area contributed by atoms with Crippen LogP contribution in [0.15, 0.2) is 59.8 Å². The molecule has 0 spiro atoms. The van der Waals surface area contributed by atoms with Crippen molar-refractivity contribution in [1.29, 1.82) is 0 Å². The molecule has 34 heavy (non-hydrogen) atoms. The van der Waals surface area contributed by atoms with E-state index in [1.807, 2.05) is 20.8 Å². The summed E-state index contributed by atoms with van der Waals surface area (Å²) in [7, 11) is -3.55. The summed E-state index contributed by atoms with van der Waals surface area (Å²) in [4.78, 5) is 20.2. The number of carbonyl (C=O) groups is 1. The van der Waals surface area contributed by atoms with Crippen LogP contribution < -0.4 is 10.1 Å². The molecule has 184 valence electrons. The van der Waals surface area contributed by atoms with Crippen molar-refractivity contribution in [3.63, 3.8) is 0 Å². The summed E-state index contributed by atoms with van der Waals surface area (Å²) >= 11 is 0. The molecule has 0 saturated heterocycles. The van der Waals surface area contributed by atoms with Crippen molar-refractivity contribution in [2.45, 2.75) is 37.3 Å². The molecule has 2 heterocycles. The molecule has 1 N–H and O–H groups in total. The third kappa shape index (κ3) is 6.10. The van der Waals surface area contributed by atoms with Gasteiger partial charge in [-0.15, -0.1) is 0 Å². The minimum atomic E-state index is -4.66. The summed E-state index contributed by atoms with van der Waals surface area (Å²) in [5.74, 6) is -1.02. The van der Waals surface area contributed by atoms with E-state index in [0.717, 1.165) is 30.1 Å². The first-order valence-electron chi connectivity index (χ1n) is 9.98. The Morgan fingerprint density at radius 1 is 1.06 bits per heavy atom. The fourth-order valence-electron chi connectivity index (χ4n) is 2.89. The van der Waals surface area contributed by atoms with Crippen LogP contribution in [0, 0.1) is 0 Å². The van der Waals surface area contributed by atoms with E-state index in [2.05, 4.69) is 15.3 Å². The van der Waals surface area contributed by atoms with Gasteiger partial charge in [-0.3, -0.25) is 9.78 Å². The second-order valence-corrected chi connectivity index (χ2v) is 10.6. The standard InChI is InChI=1S/C23H22F3N3O4S.2H2/c1-22(2,3)14-8-9-17(21(30)28-15-11-16(13-27-12-15)34(4,31)32)18(10-14)33-20-7-5-6-19(29-20)23(24,25)26;;/h5-13H,1-4H3,(H,28,30);2*1H. The van der Waals surface area contributed by atoms with E-state index in [1.54, 1.807) is 12.1 Å². The Morgan fingerprint density at radius 3 is 2.38 bits per heavy atom. The van der Waals surface area contributed by atoms with Gasteiger partial charge in [-0.05, 0) is 35.2 Å². The molecule has 0 saturated carbocycles. The van der Waals surface area contributed by atoms with E-state index in [-0.39, 0.29) is 36.0 Å². The normalized spacial score (nSPS) is 12.3. The maximum Gasteiger partial charge on any atom is 0.433 e. The van der Waals surface area contributed by atoms with Crippen molar-refractivity contribution in [1.82, 2.24) is 9.97 Å². The van der Waals surface area contributed by atoms with Gasteiger partial charge in [0.05, 0.1) is 22.3 Å². The van der Waals surface area contributed by atoms with Gasteiger partial charge in [0.25, 0.3) is 5.91 Å². The molecule has 3 rings (SSSR count). The van der Waals surface area contributed by atoms with E-state index >= 15 is 0 Å². The number of benzene rings is 1. The Labute approximate surface area is 197 Å². The van der Waals surface area contributed by atoms with Gasteiger partial charge >= 0.3 is 6.18 Å². The van der Waals surface area contributed by atoms with E-state index < -0.39 is 27.6 Å². The minimum absolute atomic E-state index is 0. The topological polar surface area (TPSA) is 98.2 Å². The van der Waals surface area contributed by atoms with Crippen LogP contribution >= 0.6 is 0 Å². The van der Waals surface area contributed by atoms with Gasteiger partial charge < -0.3 is 10.1 Å². The molecule has 1 aromatic carbocycles. The second-order valence-electron chi connectivity index (χ2n) is 8.56. The largest absolute Gasteiger partial charge is 0.438 e. The number of sulfone groups is 1. The molecule has 1 amide bonds. The van der Waals surface area contributed by atoms with Crippen LogP contribution in [0.2, 0.25) is 0 Å². The fourth-order valence-corrected chi connectivity index (χ4v) is 3.48. The van der Waals surface area contributed by atoms with E-state index in [1.165, 1.54) is 24.4 Å². The second kappa shape index (κ2) is 9.05. The summed E-state index contributed by atoms with van der Waals surface area (Å²) in [6.45, 7) is 5.78. The molecule has 0 aliphatic rings. The monoisotopic (exact) mass is 497 g/mol. The Morgan fingerprint density at radius 2 is 1.76 bits per heavy atom. The number of amides is 1. The Balaban J connectivity index is 0.00000324. The first-order valence-corrected chi connectivity index (χ1v) is 11.9. The zero-order valence-corrected chi connectivity index (χ0v) is 19.6. The molecule has 2 aromatic heterocycles. The highest BCUT2D eigenvalue weighted by atomic mass is 32.2.